The van der Waals surface area contributed by atoms with E-state index < -0.39 is 30.6 Å². The van der Waals surface area contributed by atoms with Crippen molar-refractivity contribution in [2.24, 2.45) is 0 Å². The maximum atomic E-state index is 13.0. The Hall–Kier alpha value is -3.39. The summed E-state index contributed by atoms with van der Waals surface area (Å²) in [6.45, 7) is 3.17. The second-order valence-electron chi connectivity index (χ2n) is 8.09. The number of nitrogens with zero attached hydrogens (tertiary/aromatic N) is 1. The molecule has 2 aromatic carbocycles. The molecule has 0 saturated heterocycles. The Balaban J connectivity index is 1.69. The number of methoxy groups -OCH3 is 1. The molecular formula is C25H30N2O6. The van der Waals surface area contributed by atoms with Gasteiger partial charge >= 0.3 is 12.1 Å². The van der Waals surface area contributed by atoms with Gasteiger partial charge in [-0.05, 0) is 35.6 Å². The van der Waals surface area contributed by atoms with E-state index in [4.69, 9.17) is 9.47 Å². The third-order valence-corrected chi connectivity index (χ3v) is 5.98. The molecule has 176 valence electrons. The number of carbonyl (C=O) groups is 3. The summed E-state index contributed by atoms with van der Waals surface area (Å²) in [4.78, 5) is 38.1. The number of carboxylic acid groups (broad SMARTS) is 1. The van der Waals surface area contributed by atoms with E-state index in [2.05, 4.69) is 5.32 Å². The van der Waals surface area contributed by atoms with Crippen LogP contribution >= 0.6 is 0 Å². The Kier molecular flexibility index (Phi) is 8.06. The SMILES string of the molecule is CCC(C)N(CC(=O)O)C(=O)[C@H](COC)NC(=O)OCC1c2ccccc2-c2ccccc21. The average Bonchev–Trinajstić information content (AvgIpc) is 3.13. The van der Waals surface area contributed by atoms with Crippen LogP contribution in [0.2, 0.25) is 0 Å². The van der Waals surface area contributed by atoms with Crippen LogP contribution < -0.4 is 5.32 Å². The molecule has 0 heterocycles. The lowest BCUT2D eigenvalue weighted by Gasteiger charge is -2.30. The molecule has 0 aliphatic heterocycles. The largest absolute Gasteiger partial charge is 0.480 e. The number of benzene rings is 2. The van der Waals surface area contributed by atoms with Gasteiger partial charge in [-0.25, -0.2) is 4.79 Å². The number of aliphatic carboxylic acids is 1. The summed E-state index contributed by atoms with van der Waals surface area (Å²) in [5, 5.41) is 11.8. The third-order valence-electron chi connectivity index (χ3n) is 5.98. The summed E-state index contributed by atoms with van der Waals surface area (Å²) in [5.41, 5.74) is 4.40. The quantitative estimate of drug-likeness (QED) is 0.571. The van der Waals surface area contributed by atoms with Crippen molar-refractivity contribution in [3.63, 3.8) is 0 Å². The molecule has 0 radical (unpaired) electrons. The summed E-state index contributed by atoms with van der Waals surface area (Å²) < 4.78 is 10.6. The van der Waals surface area contributed by atoms with Crippen LogP contribution in [0, 0.1) is 0 Å². The van der Waals surface area contributed by atoms with Crippen molar-refractivity contribution in [2.45, 2.75) is 38.3 Å². The minimum absolute atomic E-state index is 0.102. The molecule has 3 rings (SSSR count). The molecule has 8 heteroatoms. The first kappa shape index (κ1) is 24.3. The highest BCUT2D eigenvalue weighted by atomic mass is 16.5. The number of rotatable bonds is 10. The van der Waals surface area contributed by atoms with Gasteiger partial charge in [-0.3, -0.25) is 9.59 Å². The first-order valence-electron chi connectivity index (χ1n) is 11.0. The van der Waals surface area contributed by atoms with Crippen LogP contribution in [0.1, 0.15) is 37.3 Å². The van der Waals surface area contributed by atoms with Crippen LogP contribution in [0.5, 0.6) is 0 Å². The lowest BCUT2D eigenvalue weighted by molar-refractivity contribution is -0.147. The summed E-state index contributed by atoms with van der Waals surface area (Å²) in [6.07, 6.45) is -0.185. The smallest absolute Gasteiger partial charge is 0.407 e. The zero-order valence-corrected chi connectivity index (χ0v) is 19.1. The van der Waals surface area contributed by atoms with Gasteiger partial charge in [0, 0.05) is 19.1 Å². The van der Waals surface area contributed by atoms with Crippen LogP contribution in [-0.2, 0) is 19.1 Å². The number of carbonyl (C=O) groups excluding carboxylic acids is 2. The van der Waals surface area contributed by atoms with Crippen LogP contribution in [-0.4, -0.2) is 66.9 Å². The van der Waals surface area contributed by atoms with Crippen molar-refractivity contribution < 1.29 is 29.0 Å². The fraction of sp³-hybridized carbons (Fsp3) is 0.400. The fourth-order valence-corrected chi connectivity index (χ4v) is 4.14. The number of ether oxygens (including phenoxy) is 2. The molecule has 2 N–H and O–H groups in total. The molecule has 1 unspecified atom stereocenters. The summed E-state index contributed by atoms with van der Waals surface area (Å²) in [7, 11) is 1.41. The third kappa shape index (κ3) is 5.51. The van der Waals surface area contributed by atoms with Gasteiger partial charge in [0.05, 0.1) is 6.61 Å². The molecule has 2 aromatic rings. The number of amides is 2. The lowest BCUT2D eigenvalue weighted by Crippen LogP contribution is -2.54. The number of carboxylic acids is 1. The summed E-state index contributed by atoms with van der Waals surface area (Å²) >= 11 is 0. The first-order valence-corrected chi connectivity index (χ1v) is 11.0. The van der Waals surface area contributed by atoms with Gasteiger partial charge in [0.15, 0.2) is 0 Å². The monoisotopic (exact) mass is 454 g/mol. The summed E-state index contributed by atoms with van der Waals surface area (Å²) in [6, 6.07) is 14.6. The number of hydrogen-bond donors (Lipinski definition) is 2. The van der Waals surface area contributed by atoms with Crippen LogP contribution in [0.3, 0.4) is 0 Å². The van der Waals surface area contributed by atoms with E-state index in [1.54, 1.807) is 6.92 Å². The van der Waals surface area contributed by atoms with E-state index in [0.717, 1.165) is 22.3 Å². The highest BCUT2D eigenvalue weighted by Gasteiger charge is 2.32. The summed E-state index contributed by atoms with van der Waals surface area (Å²) in [5.74, 6) is -1.76. The lowest BCUT2D eigenvalue weighted by atomic mass is 9.98. The predicted octanol–water partition coefficient (Wildman–Crippen LogP) is 3.25. The molecule has 33 heavy (non-hydrogen) atoms. The van der Waals surface area contributed by atoms with Crippen molar-refractivity contribution in [2.75, 3.05) is 26.9 Å². The highest BCUT2D eigenvalue weighted by Crippen LogP contribution is 2.44. The zero-order valence-electron chi connectivity index (χ0n) is 19.1. The van der Waals surface area contributed by atoms with Crippen molar-refractivity contribution in [3.05, 3.63) is 59.7 Å². The number of hydrogen-bond acceptors (Lipinski definition) is 5. The highest BCUT2D eigenvalue weighted by molar-refractivity contribution is 5.88. The standard InChI is InChI=1S/C25H30N2O6/c1-4-16(2)27(13-23(28)29)24(30)22(15-32-3)26-25(31)33-14-21-19-11-7-5-9-17(19)18-10-6-8-12-20(18)21/h5-12,16,21-22H,4,13-15H2,1-3H3,(H,26,31)(H,28,29)/t16?,22-/m0/s1. The van der Waals surface area contributed by atoms with Crippen LogP contribution in [0.15, 0.2) is 48.5 Å². The van der Waals surface area contributed by atoms with Crippen molar-refractivity contribution >= 4 is 18.0 Å². The normalized spacial score (nSPS) is 14.0. The van der Waals surface area contributed by atoms with E-state index in [9.17, 15) is 19.5 Å². The van der Waals surface area contributed by atoms with E-state index in [1.807, 2.05) is 55.5 Å². The molecule has 0 fully saturated rings. The van der Waals surface area contributed by atoms with Gasteiger partial charge in [0.1, 0.15) is 19.2 Å². The molecule has 0 aromatic heterocycles. The van der Waals surface area contributed by atoms with Crippen molar-refractivity contribution in [3.8, 4) is 11.1 Å². The average molecular weight is 455 g/mol. The molecule has 0 bridgehead atoms. The molecule has 1 aliphatic rings. The van der Waals surface area contributed by atoms with Crippen molar-refractivity contribution in [1.29, 1.82) is 0 Å². The van der Waals surface area contributed by atoms with Gasteiger partial charge in [0.2, 0.25) is 5.91 Å². The fourth-order valence-electron chi connectivity index (χ4n) is 4.14. The molecule has 2 amide bonds. The molecule has 8 nitrogen and oxygen atoms in total. The zero-order chi connectivity index (χ0) is 24.0. The maximum absolute atomic E-state index is 13.0. The maximum Gasteiger partial charge on any atom is 0.407 e. The molecular weight excluding hydrogens is 424 g/mol. The van der Waals surface area contributed by atoms with E-state index in [1.165, 1.54) is 12.0 Å². The second kappa shape index (κ2) is 11.0. The van der Waals surface area contributed by atoms with Gasteiger partial charge in [-0.1, -0.05) is 55.5 Å². The Morgan fingerprint density at radius 2 is 1.64 bits per heavy atom. The minimum Gasteiger partial charge on any atom is -0.480 e. The Labute approximate surface area is 193 Å². The topological polar surface area (TPSA) is 105 Å². The number of nitrogens with one attached hydrogen (secondary N) is 1. The predicted molar refractivity (Wildman–Crippen MR) is 123 cm³/mol. The molecule has 0 spiro atoms. The number of alkyl carbamates (subject to hydrolysis) is 1. The second-order valence-corrected chi connectivity index (χ2v) is 8.09. The van der Waals surface area contributed by atoms with Crippen LogP contribution in [0.25, 0.3) is 11.1 Å². The Bertz CT molecular complexity index is 962. The van der Waals surface area contributed by atoms with Gasteiger partial charge in [0.25, 0.3) is 0 Å². The van der Waals surface area contributed by atoms with Crippen molar-refractivity contribution in [1.82, 2.24) is 10.2 Å². The molecule has 2 atom stereocenters. The van der Waals surface area contributed by atoms with Gasteiger partial charge in [-0.15, -0.1) is 0 Å². The molecule has 0 saturated carbocycles. The van der Waals surface area contributed by atoms with Crippen LogP contribution in [0.4, 0.5) is 4.79 Å². The molecule has 1 aliphatic carbocycles. The Morgan fingerprint density at radius 1 is 1.06 bits per heavy atom. The van der Waals surface area contributed by atoms with E-state index >= 15 is 0 Å². The van der Waals surface area contributed by atoms with E-state index in [0.29, 0.717) is 6.42 Å². The van der Waals surface area contributed by atoms with Gasteiger partial charge < -0.3 is 24.8 Å². The first-order chi connectivity index (χ1) is 15.9. The number of fused-ring (bicyclic) bond motifs is 3. The Morgan fingerprint density at radius 3 is 2.15 bits per heavy atom. The van der Waals surface area contributed by atoms with E-state index in [-0.39, 0.29) is 25.2 Å². The van der Waals surface area contributed by atoms with Gasteiger partial charge in [-0.2, -0.15) is 0 Å². The minimum atomic E-state index is -1.12.